The van der Waals surface area contributed by atoms with Crippen LogP contribution >= 0.6 is 0 Å². The lowest BCUT2D eigenvalue weighted by Crippen LogP contribution is -1.93. The molecule has 0 aliphatic rings. The third-order valence-corrected chi connectivity index (χ3v) is 3.98. The summed E-state index contributed by atoms with van der Waals surface area (Å²) < 4.78 is 0. The van der Waals surface area contributed by atoms with E-state index in [1.54, 1.807) is 0 Å². The molecule has 0 heteroatoms. The first-order valence-corrected chi connectivity index (χ1v) is 7.38. The molecule has 0 aromatic heterocycles. The highest BCUT2D eigenvalue weighted by Gasteiger charge is 2.10. The Morgan fingerprint density at radius 2 is 1.50 bits per heavy atom. The fourth-order valence-corrected chi connectivity index (χ4v) is 2.98. The second-order valence-electron chi connectivity index (χ2n) is 5.38. The monoisotopic (exact) mass is 260 g/mol. The lowest BCUT2D eigenvalue weighted by Gasteiger charge is -2.14. The van der Waals surface area contributed by atoms with E-state index in [4.69, 9.17) is 0 Å². The Morgan fingerprint density at radius 3 is 2.30 bits per heavy atom. The Morgan fingerprint density at radius 1 is 0.750 bits per heavy atom. The van der Waals surface area contributed by atoms with E-state index in [9.17, 15) is 0 Å². The molecule has 0 saturated heterocycles. The molecular weight excluding hydrogens is 240 g/mol. The molecule has 0 saturated carbocycles. The summed E-state index contributed by atoms with van der Waals surface area (Å²) in [5.74, 6) is 0. The van der Waals surface area contributed by atoms with Crippen LogP contribution in [0.15, 0.2) is 60.7 Å². The van der Waals surface area contributed by atoms with Gasteiger partial charge < -0.3 is 0 Å². The average molecular weight is 260 g/mol. The number of aryl methyl sites for hydroxylation is 2. The van der Waals surface area contributed by atoms with E-state index in [0.717, 1.165) is 6.42 Å². The Bertz CT molecular complexity index is 738. The maximum absolute atomic E-state index is 2.29. The minimum Gasteiger partial charge on any atom is -0.0651 e. The number of hydrogen-bond acceptors (Lipinski definition) is 0. The fraction of sp³-hybridized carbons (Fsp3) is 0.200. The highest BCUT2D eigenvalue weighted by atomic mass is 14.1. The molecule has 0 heterocycles. The molecular formula is C20H20. The van der Waals surface area contributed by atoms with Crippen LogP contribution in [0, 0.1) is 6.92 Å². The molecule has 0 unspecified atom stereocenters. The second kappa shape index (κ2) is 5.50. The van der Waals surface area contributed by atoms with E-state index >= 15 is 0 Å². The molecule has 0 N–H and O–H groups in total. The molecule has 20 heavy (non-hydrogen) atoms. The zero-order valence-corrected chi connectivity index (χ0v) is 12.2. The van der Waals surface area contributed by atoms with E-state index < -0.39 is 0 Å². The Kier molecular flexibility index (Phi) is 3.56. The van der Waals surface area contributed by atoms with Crippen molar-refractivity contribution in [1.29, 1.82) is 0 Å². The molecule has 0 fully saturated rings. The van der Waals surface area contributed by atoms with Crippen molar-refractivity contribution >= 4 is 10.8 Å². The summed E-state index contributed by atoms with van der Waals surface area (Å²) in [6.07, 6.45) is 2.30. The minimum atomic E-state index is 1.13. The number of benzene rings is 3. The van der Waals surface area contributed by atoms with Crippen molar-refractivity contribution in [3.63, 3.8) is 0 Å². The summed E-state index contributed by atoms with van der Waals surface area (Å²) in [5, 5.41) is 2.74. The van der Waals surface area contributed by atoms with E-state index in [2.05, 4.69) is 74.5 Å². The first kappa shape index (κ1) is 12.9. The highest BCUT2D eigenvalue weighted by molar-refractivity contribution is 5.92. The van der Waals surface area contributed by atoms with E-state index in [1.807, 2.05) is 0 Å². The molecule has 0 amide bonds. The standard InChI is InChI=1S/C20H20/c1-3-8-19-18-12-7-5-10-16(18)13-14-20(19)17-11-6-4-9-15(17)2/h4-7,9-14H,3,8H2,1-2H3. The van der Waals surface area contributed by atoms with Crippen molar-refractivity contribution in [3.05, 3.63) is 71.8 Å². The highest BCUT2D eigenvalue weighted by Crippen LogP contribution is 2.32. The van der Waals surface area contributed by atoms with Gasteiger partial charge in [0.1, 0.15) is 0 Å². The van der Waals surface area contributed by atoms with Gasteiger partial charge in [-0.15, -0.1) is 0 Å². The Labute approximate surface area is 121 Å². The predicted octanol–water partition coefficient (Wildman–Crippen LogP) is 5.77. The average Bonchev–Trinajstić information content (AvgIpc) is 2.49. The Hall–Kier alpha value is -2.08. The molecule has 3 aromatic rings. The van der Waals surface area contributed by atoms with Gasteiger partial charge in [-0.05, 0) is 46.4 Å². The summed E-state index contributed by atoms with van der Waals surface area (Å²) in [4.78, 5) is 0. The number of fused-ring (bicyclic) bond motifs is 1. The van der Waals surface area contributed by atoms with Crippen LogP contribution < -0.4 is 0 Å². The maximum atomic E-state index is 2.29. The molecule has 0 nitrogen and oxygen atoms in total. The molecule has 0 spiro atoms. The van der Waals surface area contributed by atoms with Gasteiger partial charge in [-0.1, -0.05) is 74.0 Å². The molecule has 0 radical (unpaired) electrons. The second-order valence-corrected chi connectivity index (χ2v) is 5.38. The first-order chi connectivity index (χ1) is 9.81. The van der Waals surface area contributed by atoms with Gasteiger partial charge in [0.2, 0.25) is 0 Å². The van der Waals surface area contributed by atoms with Gasteiger partial charge >= 0.3 is 0 Å². The van der Waals surface area contributed by atoms with Crippen LogP contribution in [0.4, 0.5) is 0 Å². The van der Waals surface area contributed by atoms with E-state index in [-0.39, 0.29) is 0 Å². The van der Waals surface area contributed by atoms with Crippen LogP contribution in [0.1, 0.15) is 24.5 Å². The summed E-state index contributed by atoms with van der Waals surface area (Å²) in [6.45, 7) is 4.45. The lowest BCUT2D eigenvalue weighted by atomic mass is 9.90. The van der Waals surface area contributed by atoms with Gasteiger partial charge in [-0.3, -0.25) is 0 Å². The van der Waals surface area contributed by atoms with E-state index in [1.165, 1.54) is 39.4 Å². The molecule has 0 bridgehead atoms. The zero-order valence-electron chi connectivity index (χ0n) is 12.2. The maximum Gasteiger partial charge on any atom is -0.0143 e. The Balaban J connectivity index is 2.30. The van der Waals surface area contributed by atoms with Crippen LogP contribution in [0.5, 0.6) is 0 Å². The predicted molar refractivity (Wildman–Crippen MR) is 88.1 cm³/mol. The van der Waals surface area contributed by atoms with Gasteiger partial charge in [0, 0.05) is 0 Å². The SMILES string of the molecule is CCCc1c(-c2ccccc2C)ccc2ccccc12. The van der Waals surface area contributed by atoms with E-state index in [0.29, 0.717) is 0 Å². The molecule has 0 atom stereocenters. The van der Waals surface area contributed by atoms with Crippen molar-refractivity contribution in [2.75, 3.05) is 0 Å². The summed E-state index contributed by atoms with van der Waals surface area (Å²) in [5.41, 5.74) is 5.59. The number of hydrogen-bond donors (Lipinski definition) is 0. The van der Waals surface area contributed by atoms with Crippen molar-refractivity contribution < 1.29 is 0 Å². The quantitative estimate of drug-likeness (QED) is 0.561. The lowest BCUT2D eigenvalue weighted by molar-refractivity contribution is 0.931. The summed E-state index contributed by atoms with van der Waals surface area (Å²) in [6, 6.07) is 21.9. The summed E-state index contributed by atoms with van der Waals surface area (Å²) >= 11 is 0. The third-order valence-electron chi connectivity index (χ3n) is 3.98. The van der Waals surface area contributed by atoms with Crippen LogP contribution in [0.25, 0.3) is 21.9 Å². The van der Waals surface area contributed by atoms with Crippen molar-refractivity contribution in [2.24, 2.45) is 0 Å². The molecule has 0 aliphatic heterocycles. The minimum absolute atomic E-state index is 1.13. The fourth-order valence-electron chi connectivity index (χ4n) is 2.98. The first-order valence-electron chi connectivity index (χ1n) is 7.38. The van der Waals surface area contributed by atoms with Crippen LogP contribution in [-0.2, 0) is 6.42 Å². The molecule has 3 rings (SSSR count). The van der Waals surface area contributed by atoms with Crippen LogP contribution in [0.2, 0.25) is 0 Å². The van der Waals surface area contributed by atoms with Crippen LogP contribution in [-0.4, -0.2) is 0 Å². The molecule has 3 aromatic carbocycles. The molecule has 100 valence electrons. The van der Waals surface area contributed by atoms with Gasteiger partial charge in [-0.2, -0.15) is 0 Å². The van der Waals surface area contributed by atoms with Crippen molar-refractivity contribution in [1.82, 2.24) is 0 Å². The van der Waals surface area contributed by atoms with Gasteiger partial charge in [0.15, 0.2) is 0 Å². The zero-order chi connectivity index (χ0) is 13.9. The van der Waals surface area contributed by atoms with Gasteiger partial charge in [0.05, 0.1) is 0 Å². The molecule has 0 aliphatic carbocycles. The topological polar surface area (TPSA) is 0 Å². The van der Waals surface area contributed by atoms with Gasteiger partial charge in [-0.25, -0.2) is 0 Å². The van der Waals surface area contributed by atoms with Crippen LogP contribution in [0.3, 0.4) is 0 Å². The largest absolute Gasteiger partial charge is 0.0651 e. The van der Waals surface area contributed by atoms with Crippen molar-refractivity contribution in [3.8, 4) is 11.1 Å². The smallest absolute Gasteiger partial charge is 0.0143 e. The normalized spacial score (nSPS) is 10.9. The third kappa shape index (κ3) is 2.22. The summed E-state index contributed by atoms with van der Waals surface area (Å²) in [7, 11) is 0. The number of rotatable bonds is 3. The van der Waals surface area contributed by atoms with Crippen molar-refractivity contribution in [2.45, 2.75) is 26.7 Å². The van der Waals surface area contributed by atoms with Gasteiger partial charge in [0.25, 0.3) is 0 Å².